The summed E-state index contributed by atoms with van der Waals surface area (Å²) >= 11 is 0. The van der Waals surface area contributed by atoms with Gasteiger partial charge in [0.05, 0.1) is 18.0 Å². The van der Waals surface area contributed by atoms with E-state index in [9.17, 15) is 4.79 Å². The van der Waals surface area contributed by atoms with Crippen molar-refractivity contribution in [2.75, 3.05) is 24.5 Å². The van der Waals surface area contributed by atoms with Gasteiger partial charge in [-0.15, -0.1) is 0 Å². The summed E-state index contributed by atoms with van der Waals surface area (Å²) in [5.41, 5.74) is 7.38. The molecule has 0 saturated carbocycles. The summed E-state index contributed by atoms with van der Waals surface area (Å²) in [6.07, 6.45) is 2.09. The van der Waals surface area contributed by atoms with Crippen LogP contribution >= 0.6 is 0 Å². The van der Waals surface area contributed by atoms with Crippen molar-refractivity contribution in [1.29, 1.82) is 0 Å². The maximum absolute atomic E-state index is 12.4. The van der Waals surface area contributed by atoms with Crippen LogP contribution in [0.5, 0.6) is 17.2 Å². The van der Waals surface area contributed by atoms with Gasteiger partial charge in [0.1, 0.15) is 5.75 Å². The number of hydrogen-bond donors (Lipinski definition) is 2. The van der Waals surface area contributed by atoms with E-state index in [1.54, 1.807) is 36.4 Å². The van der Waals surface area contributed by atoms with Crippen LogP contribution in [0.25, 0.3) is 0 Å². The Hall–Kier alpha value is -2.89. The third kappa shape index (κ3) is 3.53. The molecular formula is C18H20N2O4. The molecule has 0 aromatic heterocycles. The normalized spacial score (nSPS) is 12.0. The standard InChI is InChI=1S/C18H20N2O4/c1-2-3-8-22-13-6-4-12(5-7-13)18(21)20-15-10-17-16(9-14(15)19)23-11-24-17/h4-7,9-10H,2-3,8,11,19H2,1H3,(H,20,21). The van der Waals surface area contributed by atoms with Crippen molar-refractivity contribution in [1.82, 2.24) is 0 Å². The Balaban J connectivity index is 1.67. The lowest BCUT2D eigenvalue weighted by Crippen LogP contribution is -2.13. The monoisotopic (exact) mass is 328 g/mol. The first-order valence-corrected chi connectivity index (χ1v) is 7.90. The fraction of sp³-hybridized carbons (Fsp3) is 0.278. The lowest BCUT2D eigenvalue weighted by Gasteiger charge is -2.10. The first-order valence-electron chi connectivity index (χ1n) is 7.90. The highest BCUT2D eigenvalue weighted by atomic mass is 16.7. The largest absolute Gasteiger partial charge is 0.494 e. The fourth-order valence-electron chi connectivity index (χ4n) is 2.30. The maximum atomic E-state index is 12.4. The summed E-state index contributed by atoms with van der Waals surface area (Å²) in [7, 11) is 0. The van der Waals surface area contributed by atoms with Crippen LogP contribution in [0.3, 0.4) is 0 Å². The third-order valence-corrected chi connectivity index (χ3v) is 3.68. The van der Waals surface area contributed by atoms with Crippen LogP contribution in [0.4, 0.5) is 11.4 Å². The number of amides is 1. The molecule has 2 aromatic rings. The molecule has 6 heteroatoms. The zero-order valence-electron chi connectivity index (χ0n) is 13.5. The third-order valence-electron chi connectivity index (χ3n) is 3.68. The first kappa shape index (κ1) is 16.0. The molecule has 0 saturated heterocycles. The van der Waals surface area contributed by atoms with E-state index in [1.165, 1.54) is 0 Å². The Morgan fingerprint density at radius 3 is 2.62 bits per heavy atom. The second-order valence-corrected chi connectivity index (χ2v) is 5.47. The SMILES string of the molecule is CCCCOc1ccc(C(=O)Nc2cc3c(cc2N)OCO3)cc1. The zero-order valence-corrected chi connectivity index (χ0v) is 13.5. The number of unbranched alkanes of at least 4 members (excludes halogenated alkanes) is 1. The first-order chi connectivity index (χ1) is 11.7. The van der Waals surface area contributed by atoms with E-state index in [-0.39, 0.29) is 12.7 Å². The highest BCUT2D eigenvalue weighted by molar-refractivity contribution is 6.06. The summed E-state index contributed by atoms with van der Waals surface area (Å²) in [5.74, 6) is 1.65. The minimum Gasteiger partial charge on any atom is -0.494 e. The van der Waals surface area contributed by atoms with Gasteiger partial charge in [-0.1, -0.05) is 13.3 Å². The van der Waals surface area contributed by atoms with Crippen LogP contribution in [-0.2, 0) is 0 Å². The van der Waals surface area contributed by atoms with Crippen molar-refractivity contribution in [2.24, 2.45) is 0 Å². The van der Waals surface area contributed by atoms with E-state index >= 15 is 0 Å². The molecule has 2 aromatic carbocycles. The van der Waals surface area contributed by atoms with Crippen LogP contribution in [0.2, 0.25) is 0 Å². The van der Waals surface area contributed by atoms with E-state index < -0.39 is 0 Å². The van der Waals surface area contributed by atoms with Crippen molar-refractivity contribution in [3.05, 3.63) is 42.0 Å². The summed E-state index contributed by atoms with van der Waals surface area (Å²) < 4.78 is 16.1. The molecular weight excluding hydrogens is 308 g/mol. The van der Waals surface area contributed by atoms with E-state index in [2.05, 4.69) is 12.2 Å². The minimum absolute atomic E-state index is 0.158. The quantitative estimate of drug-likeness (QED) is 0.627. The van der Waals surface area contributed by atoms with Crippen molar-refractivity contribution in [3.63, 3.8) is 0 Å². The summed E-state index contributed by atoms with van der Waals surface area (Å²) in [4.78, 5) is 12.4. The van der Waals surface area contributed by atoms with Gasteiger partial charge in [-0.3, -0.25) is 4.79 Å². The Morgan fingerprint density at radius 2 is 1.92 bits per heavy atom. The average Bonchev–Trinajstić information content (AvgIpc) is 3.03. The predicted octanol–water partition coefficient (Wildman–Crippen LogP) is 3.43. The zero-order chi connectivity index (χ0) is 16.9. The number of carbonyl (C=O) groups is 1. The molecule has 6 nitrogen and oxygen atoms in total. The highest BCUT2D eigenvalue weighted by Gasteiger charge is 2.17. The molecule has 0 atom stereocenters. The summed E-state index contributed by atoms with van der Waals surface area (Å²) in [6, 6.07) is 10.3. The van der Waals surface area contributed by atoms with Gasteiger partial charge < -0.3 is 25.3 Å². The molecule has 3 rings (SSSR count). The second-order valence-electron chi connectivity index (χ2n) is 5.47. The topological polar surface area (TPSA) is 82.8 Å². The Kier molecular flexibility index (Phi) is 4.74. The van der Waals surface area contributed by atoms with Gasteiger partial charge >= 0.3 is 0 Å². The lowest BCUT2D eigenvalue weighted by atomic mass is 10.2. The predicted molar refractivity (Wildman–Crippen MR) is 91.8 cm³/mol. The van der Waals surface area contributed by atoms with Gasteiger partial charge in [0, 0.05) is 17.7 Å². The van der Waals surface area contributed by atoms with Gasteiger partial charge in [0.25, 0.3) is 5.91 Å². The number of carbonyl (C=O) groups excluding carboxylic acids is 1. The number of nitrogens with two attached hydrogens (primary N) is 1. The van der Waals surface area contributed by atoms with Crippen molar-refractivity contribution in [3.8, 4) is 17.2 Å². The molecule has 1 heterocycles. The molecule has 0 bridgehead atoms. The summed E-state index contributed by atoms with van der Waals surface area (Å²) in [5, 5.41) is 2.79. The van der Waals surface area contributed by atoms with Crippen LogP contribution in [0.1, 0.15) is 30.1 Å². The average molecular weight is 328 g/mol. The van der Waals surface area contributed by atoms with Crippen molar-refractivity contribution >= 4 is 17.3 Å². The van der Waals surface area contributed by atoms with Gasteiger partial charge in [-0.25, -0.2) is 0 Å². The molecule has 0 radical (unpaired) electrons. The van der Waals surface area contributed by atoms with Crippen molar-refractivity contribution in [2.45, 2.75) is 19.8 Å². The number of nitrogens with one attached hydrogen (secondary N) is 1. The Bertz CT molecular complexity index is 729. The van der Waals surface area contributed by atoms with E-state index in [4.69, 9.17) is 19.9 Å². The number of hydrogen-bond acceptors (Lipinski definition) is 5. The number of rotatable bonds is 6. The molecule has 0 unspecified atom stereocenters. The molecule has 24 heavy (non-hydrogen) atoms. The second kappa shape index (κ2) is 7.12. The number of benzene rings is 2. The smallest absolute Gasteiger partial charge is 0.255 e. The van der Waals surface area contributed by atoms with E-state index in [0.717, 1.165) is 18.6 Å². The maximum Gasteiger partial charge on any atom is 0.255 e. The van der Waals surface area contributed by atoms with Gasteiger partial charge in [-0.2, -0.15) is 0 Å². The summed E-state index contributed by atoms with van der Waals surface area (Å²) in [6.45, 7) is 2.94. The van der Waals surface area contributed by atoms with E-state index in [1.807, 2.05) is 0 Å². The number of ether oxygens (including phenoxy) is 3. The van der Waals surface area contributed by atoms with Crippen LogP contribution in [0, 0.1) is 0 Å². The lowest BCUT2D eigenvalue weighted by molar-refractivity contribution is 0.102. The van der Waals surface area contributed by atoms with Gasteiger partial charge in [-0.05, 0) is 30.7 Å². The Morgan fingerprint density at radius 1 is 1.21 bits per heavy atom. The number of anilines is 2. The molecule has 1 amide bonds. The number of nitrogen functional groups attached to an aromatic ring is 1. The van der Waals surface area contributed by atoms with Gasteiger partial charge in [0.15, 0.2) is 11.5 Å². The molecule has 1 aliphatic rings. The van der Waals surface area contributed by atoms with Crippen molar-refractivity contribution < 1.29 is 19.0 Å². The molecule has 126 valence electrons. The number of fused-ring (bicyclic) bond motifs is 1. The van der Waals surface area contributed by atoms with Crippen LogP contribution in [-0.4, -0.2) is 19.3 Å². The van der Waals surface area contributed by atoms with Crippen LogP contribution < -0.4 is 25.3 Å². The fourth-order valence-corrected chi connectivity index (χ4v) is 2.30. The molecule has 0 fully saturated rings. The van der Waals surface area contributed by atoms with E-state index in [0.29, 0.717) is 35.0 Å². The molecule has 1 aliphatic heterocycles. The highest BCUT2D eigenvalue weighted by Crippen LogP contribution is 2.38. The molecule has 0 aliphatic carbocycles. The Labute approximate surface area is 140 Å². The van der Waals surface area contributed by atoms with Crippen LogP contribution in [0.15, 0.2) is 36.4 Å². The van der Waals surface area contributed by atoms with Gasteiger partial charge in [0.2, 0.25) is 6.79 Å². The molecule has 3 N–H and O–H groups in total. The minimum atomic E-state index is -0.249. The molecule has 0 spiro atoms.